The fourth-order valence-corrected chi connectivity index (χ4v) is 4.05. The Morgan fingerprint density at radius 1 is 1.23 bits per heavy atom. The van der Waals surface area contributed by atoms with Gasteiger partial charge in [0.05, 0.1) is 5.75 Å². The van der Waals surface area contributed by atoms with Crippen molar-refractivity contribution in [3.8, 4) is 0 Å². The molecule has 0 radical (unpaired) electrons. The molecule has 2 aromatic carbocycles. The lowest BCUT2D eigenvalue weighted by Crippen LogP contribution is -2.37. The number of para-hydroxylation sites is 1. The molecule has 1 atom stereocenters. The van der Waals surface area contributed by atoms with E-state index in [1.54, 1.807) is 11.8 Å². The van der Waals surface area contributed by atoms with E-state index in [1.165, 1.54) is 5.56 Å². The van der Waals surface area contributed by atoms with Crippen molar-refractivity contribution in [3.05, 3.63) is 64.7 Å². The lowest BCUT2D eigenvalue weighted by molar-refractivity contribution is -0.116. The summed E-state index contributed by atoms with van der Waals surface area (Å²) in [4.78, 5) is 14.5. The first-order valence-electron chi connectivity index (χ1n) is 7.38. The van der Waals surface area contributed by atoms with Gasteiger partial charge in [0, 0.05) is 22.5 Å². The van der Waals surface area contributed by atoms with Gasteiger partial charge in [-0.05, 0) is 36.6 Å². The monoisotopic (exact) mass is 331 g/mol. The molecular weight excluding hydrogens is 314 g/mol. The number of carbonyl (C=O) groups is 1. The maximum atomic E-state index is 12.6. The van der Waals surface area contributed by atoms with Gasteiger partial charge in [-0.25, -0.2) is 0 Å². The minimum Gasteiger partial charge on any atom is -0.308 e. The Balaban J connectivity index is 1.62. The second kappa shape index (κ2) is 6.76. The number of thioether (sulfide) groups is 1. The van der Waals surface area contributed by atoms with Gasteiger partial charge < -0.3 is 4.90 Å². The van der Waals surface area contributed by atoms with Crippen LogP contribution in [0, 0.1) is 0 Å². The smallest absolute Gasteiger partial charge is 0.237 e. The molecule has 0 aliphatic carbocycles. The average Bonchev–Trinajstić information content (AvgIpc) is 2.85. The molecule has 2 nitrogen and oxygen atoms in total. The van der Waals surface area contributed by atoms with Crippen LogP contribution in [-0.2, 0) is 17.0 Å². The number of amides is 1. The Morgan fingerprint density at radius 3 is 2.77 bits per heavy atom. The van der Waals surface area contributed by atoms with Crippen LogP contribution in [0.1, 0.15) is 18.1 Å². The third-order valence-electron chi connectivity index (χ3n) is 3.92. The molecule has 0 N–H and O–H groups in total. The van der Waals surface area contributed by atoms with Gasteiger partial charge in [-0.2, -0.15) is 0 Å². The van der Waals surface area contributed by atoms with Crippen LogP contribution in [0.5, 0.6) is 0 Å². The molecule has 114 valence electrons. The molecule has 0 saturated heterocycles. The molecular formula is C18H18ClNOS. The largest absolute Gasteiger partial charge is 0.308 e. The fraction of sp³-hybridized carbons (Fsp3) is 0.278. The molecule has 1 heterocycles. The number of hydrogen-bond donors (Lipinski definition) is 0. The van der Waals surface area contributed by atoms with E-state index in [2.05, 4.69) is 13.0 Å². The van der Waals surface area contributed by atoms with Crippen LogP contribution < -0.4 is 4.90 Å². The maximum absolute atomic E-state index is 12.6. The highest BCUT2D eigenvalue weighted by molar-refractivity contribution is 7.99. The predicted molar refractivity (Wildman–Crippen MR) is 94.7 cm³/mol. The first-order chi connectivity index (χ1) is 10.7. The summed E-state index contributed by atoms with van der Waals surface area (Å²) in [6, 6.07) is 16.2. The summed E-state index contributed by atoms with van der Waals surface area (Å²) >= 11 is 7.76. The summed E-state index contributed by atoms with van der Waals surface area (Å²) in [5, 5.41) is 0.766. The predicted octanol–water partition coefficient (Wildman–Crippen LogP) is 4.55. The third kappa shape index (κ3) is 3.16. The van der Waals surface area contributed by atoms with E-state index >= 15 is 0 Å². The topological polar surface area (TPSA) is 20.3 Å². The van der Waals surface area contributed by atoms with Crippen LogP contribution in [-0.4, -0.2) is 17.7 Å². The number of nitrogens with zero attached hydrogens (tertiary/aromatic N) is 1. The molecule has 1 aliphatic rings. The first-order valence-corrected chi connectivity index (χ1v) is 8.91. The lowest BCUT2D eigenvalue weighted by atomic mass is 10.1. The first kappa shape index (κ1) is 15.4. The molecule has 1 aliphatic heterocycles. The Morgan fingerprint density at radius 2 is 1.95 bits per heavy atom. The van der Waals surface area contributed by atoms with Crippen LogP contribution in [0.25, 0.3) is 0 Å². The van der Waals surface area contributed by atoms with Gasteiger partial charge in [-0.15, -0.1) is 11.8 Å². The van der Waals surface area contributed by atoms with E-state index in [0.29, 0.717) is 5.75 Å². The Bertz CT molecular complexity index is 688. The summed E-state index contributed by atoms with van der Waals surface area (Å²) in [6.45, 7) is 2.11. The van der Waals surface area contributed by atoms with E-state index in [1.807, 2.05) is 47.4 Å². The van der Waals surface area contributed by atoms with Crippen molar-refractivity contribution in [1.29, 1.82) is 0 Å². The van der Waals surface area contributed by atoms with Crippen molar-refractivity contribution in [3.63, 3.8) is 0 Å². The number of anilines is 1. The van der Waals surface area contributed by atoms with E-state index in [-0.39, 0.29) is 11.9 Å². The molecule has 22 heavy (non-hydrogen) atoms. The summed E-state index contributed by atoms with van der Waals surface area (Å²) in [7, 11) is 0. The highest BCUT2D eigenvalue weighted by atomic mass is 35.5. The summed E-state index contributed by atoms with van der Waals surface area (Å²) in [6.07, 6.45) is 0.942. The summed E-state index contributed by atoms with van der Waals surface area (Å²) in [5.74, 6) is 1.41. The molecule has 0 bridgehead atoms. The Hall–Kier alpha value is -1.45. The number of rotatable bonds is 4. The van der Waals surface area contributed by atoms with Crippen LogP contribution >= 0.6 is 23.4 Å². The minimum atomic E-state index is 0.175. The van der Waals surface area contributed by atoms with Gasteiger partial charge in [0.2, 0.25) is 5.91 Å². The third-order valence-corrected chi connectivity index (χ3v) is 5.25. The molecule has 0 unspecified atom stereocenters. The summed E-state index contributed by atoms with van der Waals surface area (Å²) < 4.78 is 0. The quantitative estimate of drug-likeness (QED) is 0.819. The number of hydrogen-bond acceptors (Lipinski definition) is 2. The van der Waals surface area contributed by atoms with Crippen molar-refractivity contribution >= 4 is 35.0 Å². The summed E-state index contributed by atoms with van der Waals surface area (Å²) in [5.41, 5.74) is 3.41. The van der Waals surface area contributed by atoms with Gasteiger partial charge >= 0.3 is 0 Å². The van der Waals surface area contributed by atoms with Gasteiger partial charge in [-0.3, -0.25) is 4.79 Å². The second-order valence-corrected chi connectivity index (χ2v) is 6.92. The van der Waals surface area contributed by atoms with Crippen molar-refractivity contribution in [2.45, 2.75) is 25.1 Å². The maximum Gasteiger partial charge on any atom is 0.237 e. The van der Waals surface area contributed by atoms with E-state index in [4.69, 9.17) is 11.6 Å². The van der Waals surface area contributed by atoms with E-state index in [9.17, 15) is 4.79 Å². The molecule has 2 aromatic rings. The van der Waals surface area contributed by atoms with Crippen molar-refractivity contribution in [2.24, 2.45) is 0 Å². The molecule has 0 saturated carbocycles. The standard InChI is InChI=1S/C18H18ClNOS/c1-13-10-14-6-3-5-9-17(14)20(13)18(21)12-22-11-15-7-2-4-8-16(15)19/h2-9,13H,10-12H2,1H3/t13-/m0/s1. The van der Waals surface area contributed by atoms with Crippen LogP contribution in [0.3, 0.4) is 0 Å². The van der Waals surface area contributed by atoms with E-state index in [0.717, 1.165) is 28.4 Å². The fourth-order valence-electron chi connectivity index (χ4n) is 2.88. The van der Waals surface area contributed by atoms with Crippen molar-refractivity contribution in [2.75, 3.05) is 10.7 Å². The van der Waals surface area contributed by atoms with Crippen LogP contribution in [0.4, 0.5) is 5.69 Å². The average molecular weight is 332 g/mol. The zero-order chi connectivity index (χ0) is 15.5. The van der Waals surface area contributed by atoms with Crippen LogP contribution in [0.2, 0.25) is 5.02 Å². The van der Waals surface area contributed by atoms with Crippen molar-refractivity contribution < 1.29 is 4.79 Å². The number of benzene rings is 2. The molecule has 1 amide bonds. The number of halogens is 1. The van der Waals surface area contributed by atoms with Gasteiger partial charge in [-0.1, -0.05) is 48.0 Å². The highest BCUT2D eigenvalue weighted by Gasteiger charge is 2.30. The zero-order valence-electron chi connectivity index (χ0n) is 12.5. The van der Waals surface area contributed by atoms with Gasteiger partial charge in [0.25, 0.3) is 0 Å². The number of fused-ring (bicyclic) bond motifs is 1. The van der Waals surface area contributed by atoms with Crippen molar-refractivity contribution in [1.82, 2.24) is 0 Å². The molecule has 4 heteroatoms. The minimum absolute atomic E-state index is 0.175. The number of carbonyl (C=O) groups excluding carboxylic acids is 1. The molecule has 3 rings (SSSR count). The molecule has 0 spiro atoms. The highest BCUT2D eigenvalue weighted by Crippen LogP contribution is 2.32. The van der Waals surface area contributed by atoms with Crippen LogP contribution in [0.15, 0.2) is 48.5 Å². The zero-order valence-corrected chi connectivity index (χ0v) is 14.0. The molecule has 0 aromatic heterocycles. The van der Waals surface area contributed by atoms with Gasteiger partial charge in [0.15, 0.2) is 0 Å². The normalized spacial score (nSPS) is 16.6. The van der Waals surface area contributed by atoms with E-state index < -0.39 is 0 Å². The SMILES string of the molecule is C[C@H]1Cc2ccccc2N1C(=O)CSCc1ccccc1Cl. The lowest BCUT2D eigenvalue weighted by Gasteiger charge is -2.22. The van der Waals surface area contributed by atoms with Gasteiger partial charge in [0.1, 0.15) is 0 Å². The second-order valence-electron chi connectivity index (χ2n) is 5.53. The molecule has 0 fully saturated rings. The Kier molecular flexibility index (Phi) is 4.74. The Labute approximate surface area is 140 Å².